The van der Waals surface area contributed by atoms with Gasteiger partial charge in [0.1, 0.15) is 0 Å². The number of nitrogens with zero attached hydrogens (tertiary/aromatic N) is 2. The minimum absolute atomic E-state index is 0.0900. The number of ether oxygens (including phenoxy) is 1. The first-order valence-electron chi connectivity index (χ1n) is 6.80. The van der Waals surface area contributed by atoms with Crippen LogP contribution >= 0.6 is 0 Å². The zero-order valence-electron chi connectivity index (χ0n) is 10.7. The number of aromatic nitrogens is 2. The topological polar surface area (TPSA) is 89.3 Å². The van der Waals surface area contributed by atoms with E-state index in [1.54, 1.807) is 0 Å². The van der Waals surface area contributed by atoms with Gasteiger partial charge in [-0.25, -0.2) is 0 Å². The molecule has 0 bridgehead atoms. The zero-order valence-corrected chi connectivity index (χ0v) is 10.7. The molecular formula is C12H18N4O3. The summed E-state index contributed by atoms with van der Waals surface area (Å²) in [5.41, 5.74) is 0. The molecule has 2 unspecified atom stereocenters. The third-order valence-electron chi connectivity index (χ3n) is 3.52. The van der Waals surface area contributed by atoms with E-state index >= 15 is 0 Å². The first-order valence-corrected chi connectivity index (χ1v) is 6.80. The van der Waals surface area contributed by atoms with Crippen LogP contribution in [0.25, 0.3) is 0 Å². The monoisotopic (exact) mass is 266 g/mol. The quantitative estimate of drug-likeness (QED) is 0.820. The molecule has 19 heavy (non-hydrogen) atoms. The normalized spacial score (nSPS) is 26.7. The van der Waals surface area contributed by atoms with Crippen LogP contribution in [0, 0.1) is 0 Å². The van der Waals surface area contributed by atoms with Crippen molar-refractivity contribution in [3.63, 3.8) is 0 Å². The average Bonchev–Trinajstić information content (AvgIpc) is 3.14. The minimum atomic E-state index is -0.302. The van der Waals surface area contributed by atoms with Crippen LogP contribution in [0.5, 0.6) is 0 Å². The Morgan fingerprint density at radius 3 is 3.11 bits per heavy atom. The lowest BCUT2D eigenvalue weighted by Gasteiger charge is -2.08. The Hall–Kier alpha value is -1.47. The van der Waals surface area contributed by atoms with E-state index in [9.17, 15) is 4.79 Å². The Morgan fingerprint density at radius 1 is 1.42 bits per heavy atom. The molecule has 2 saturated heterocycles. The van der Waals surface area contributed by atoms with Gasteiger partial charge in [-0.1, -0.05) is 5.16 Å². The lowest BCUT2D eigenvalue weighted by Crippen LogP contribution is -2.32. The van der Waals surface area contributed by atoms with Crippen molar-refractivity contribution in [2.45, 2.75) is 37.8 Å². The van der Waals surface area contributed by atoms with Crippen LogP contribution in [0.3, 0.4) is 0 Å². The Labute approximate surface area is 111 Å². The molecule has 0 radical (unpaired) electrons. The maximum absolute atomic E-state index is 11.9. The smallest absolute Gasteiger partial charge is 0.292 e. The van der Waals surface area contributed by atoms with Crippen molar-refractivity contribution < 1.29 is 14.1 Å². The molecule has 0 aromatic carbocycles. The van der Waals surface area contributed by atoms with E-state index < -0.39 is 0 Å². The van der Waals surface area contributed by atoms with E-state index in [4.69, 9.17) is 9.26 Å². The van der Waals surface area contributed by atoms with Crippen molar-refractivity contribution in [3.05, 3.63) is 11.7 Å². The van der Waals surface area contributed by atoms with Crippen LogP contribution in [0.4, 0.5) is 0 Å². The van der Waals surface area contributed by atoms with E-state index in [-0.39, 0.29) is 23.9 Å². The third-order valence-corrected chi connectivity index (χ3v) is 3.52. The van der Waals surface area contributed by atoms with Gasteiger partial charge in [-0.05, 0) is 32.2 Å². The molecule has 1 aromatic rings. The molecule has 0 aliphatic carbocycles. The molecule has 2 aliphatic heterocycles. The van der Waals surface area contributed by atoms with Gasteiger partial charge in [-0.3, -0.25) is 4.79 Å². The summed E-state index contributed by atoms with van der Waals surface area (Å²) in [7, 11) is 0. The second-order valence-corrected chi connectivity index (χ2v) is 4.95. The molecule has 2 N–H and O–H groups in total. The summed E-state index contributed by atoms with van der Waals surface area (Å²) in [6.45, 7) is 2.23. The second-order valence-electron chi connectivity index (χ2n) is 4.95. The molecule has 0 saturated carbocycles. The lowest BCUT2D eigenvalue weighted by atomic mass is 10.2. The summed E-state index contributed by atoms with van der Waals surface area (Å²) < 4.78 is 10.6. The van der Waals surface area contributed by atoms with Crippen molar-refractivity contribution in [3.8, 4) is 0 Å². The van der Waals surface area contributed by atoms with Gasteiger partial charge in [0, 0.05) is 13.2 Å². The number of hydrogen-bond donors (Lipinski definition) is 2. The predicted octanol–water partition coefficient (Wildman–Crippen LogP) is 0.403. The van der Waals surface area contributed by atoms with E-state index in [1.807, 2.05) is 0 Å². The number of nitrogens with one attached hydrogen (secondary N) is 2. The predicted molar refractivity (Wildman–Crippen MR) is 65.6 cm³/mol. The summed E-state index contributed by atoms with van der Waals surface area (Å²) in [5.74, 6) is 0.296. The second kappa shape index (κ2) is 5.66. The van der Waals surface area contributed by atoms with Gasteiger partial charge in [0.2, 0.25) is 5.89 Å². The fourth-order valence-corrected chi connectivity index (χ4v) is 2.46. The molecule has 0 spiro atoms. The average molecular weight is 266 g/mol. The molecule has 2 fully saturated rings. The Kier molecular flexibility index (Phi) is 3.74. The van der Waals surface area contributed by atoms with Gasteiger partial charge >= 0.3 is 0 Å². The van der Waals surface area contributed by atoms with Crippen molar-refractivity contribution in [1.82, 2.24) is 20.8 Å². The lowest BCUT2D eigenvalue weighted by molar-refractivity contribution is 0.0847. The molecule has 1 aromatic heterocycles. The van der Waals surface area contributed by atoms with Gasteiger partial charge in [0.25, 0.3) is 11.7 Å². The van der Waals surface area contributed by atoms with Crippen LogP contribution in [0.15, 0.2) is 4.52 Å². The Balaban J connectivity index is 1.54. The van der Waals surface area contributed by atoms with Gasteiger partial charge < -0.3 is 19.9 Å². The van der Waals surface area contributed by atoms with Crippen molar-refractivity contribution >= 4 is 5.91 Å². The first-order chi connectivity index (χ1) is 9.33. The highest BCUT2D eigenvalue weighted by Gasteiger charge is 2.24. The van der Waals surface area contributed by atoms with Crippen molar-refractivity contribution in [2.75, 3.05) is 19.7 Å². The maximum atomic E-state index is 11.9. The number of rotatable bonds is 4. The van der Waals surface area contributed by atoms with Crippen LogP contribution < -0.4 is 10.6 Å². The largest absolute Gasteiger partial charge is 0.376 e. The third kappa shape index (κ3) is 2.93. The molecule has 7 heteroatoms. The van der Waals surface area contributed by atoms with Gasteiger partial charge in [0.05, 0.1) is 12.1 Å². The highest BCUT2D eigenvalue weighted by molar-refractivity contribution is 5.90. The zero-order chi connectivity index (χ0) is 13.1. The molecule has 2 aliphatic rings. The summed E-state index contributed by atoms with van der Waals surface area (Å²) in [6.07, 6.45) is 4.23. The molecule has 1 amide bonds. The van der Waals surface area contributed by atoms with Crippen LogP contribution in [0.2, 0.25) is 0 Å². The first kappa shape index (κ1) is 12.6. The maximum Gasteiger partial charge on any atom is 0.292 e. The number of carbonyl (C=O) groups is 1. The molecule has 3 rings (SSSR count). The van der Waals surface area contributed by atoms with E-state index in [0.717, 1.165) is 38.8 Å². The van der Waals surface area contributed by atoms with E-state index in [2.05, 4.69) is 20.8 Å². The van der Waals surface area contributed by atoms with Crippen LogP contribution in [-0.2, 0) is 4.74 Å². The van der Waals surface area contributed by atoms with Gasteiger partial charge in [-0.2, -0.15) is 4.98 Å². The van der Waals surface area contributed by atoms with Gasteiger partial charge in [-0.15, -0.1) is 0 Å². The van der Waals surface area contributed by atoms with Crippen LogP contribution in [0.1, 0.15) is 48.2 Å². The summed E-state index contributed by atoms with van der Waals surface area (Å²) in [4.78, 5) is 16.0. The minimum Gasteiger partial charge on any atom is -0.376 e. The number of hydrogen-bond acceptors (Lipinski definition) is 6. The number of carbonyl (C=O) groups excluding carboxylic acids is 1. The molecule has 2 atom stereocenters. The Bertz CT molecular complexity index is 436. The number of amides is 1. The molecule has 104 valence electrons. The van der Waals surface area contributed by atoms with E-state index in [1.165, 1.54) is 0 Å². The SMILES string of the molecule is O=C(NCC1CCCO1)c1noc(C2CCCN2)n1. The highest BCUT2D eigenvalue weighted by atomic mass is 16.5. The molecule has 3 heterocycles. The summed E-state index contributed by atoms with van der Waals surface area (Å²) in [5, 5.41) is 9.76. The molecular weight excluding hydrogens is 248 g/mol. The van der Waals surface area contributed by atoms with Crippen molar-refractivity contribution in [1.29, 1.82) is 0 Å². The van der Waals surface area contributed by atoms with Gasteiger partial charge in [0.15, 0.2) is 0 Å². The highest BCUT2D eigenvalue weighted by Crippen LogP contribution is 2.21. The summed E-state index contributed by atoms with van der Waals surface area (Å²) >= 11 is 0. The van der Waals surface area contributed by atoms with Crippen molar-refractivity contribution in [2.24, 2.45) is 0 Å². The fraction of sp³-hybridized carbons (Fsp3) is 0.750. The van der Waals surface area contributed by atoms with Crippen LogP contribution in [-0.4, -0.2) is 41.8 Å². The molecule has 7 nitrogen and oxygen atoms in total. The Morgan fingerprint density at radius 2 is 2.37 bits per heavy atom. The summed E-state index contributed by atoms with van der Waals surface area (Å²) in [6, 6.07) is 0.0900. The van der Waals surface area contributed by atoms with E-state index in [0.29, 0.717) is 12.4 Å². The fourth-order valence-electron chi connectivity index (χ4n) is 2.46. The standard InChI is InChI=1S/C12H18N4O3/c17-11(14-7-8-3-2-6-18-8)10-15-12(19-16-10)9-4-1-5-13-9/h8-9,13H,1-7H2,(H,14,17).